The van der Waals surface area contributed by atoms with Gasteiger partial charge < -0.3 is 14.6 Å². The molecule has 1 atom stereocenters. The molecule has 1 unspecified atom stereocenters. The van der Waals surface area contributed by atoms with E-state index < -0.39 is 27.3 Å². The van der Waals surface area contributed by atoms with Crippen LogP contribution in [0, 0.1) is 17.3 Å². The van der Waals surface area contributed by atoms with E-state index in [4.69, 9.17) is 21.1 Å². The van der Waals surface area contributed by atoms with E-state index >= 15 is 0 Å². The van der Waals surface area contributed by atoms with Gasteiger partial charge in [-0.2, -0.15) is 0 Å². The Morgan fingerprint density at radius 1 is 1.00 bits per heavy atom. The summed E-state index contributed by atoms with van der Waals surface area (Å²) in [6.45, 7) is 5.30. The van der Waals surface area contributed by atoms with E-state index in [0.717, 1.165) is 11.8 Å². The lowest BCUT2D eigenvalue weighted by Crippen LogP contribution is -2.39. The highest BCUT2D eigenvalue weighted by Crippen LogP contribution is 2.31. The molecule has 6 nitrogen and oxygen atoms in total. The Morgan fingerprint density at radius 2 is 1.67 bits per heavy atom. The summed E-state index contributed by atoms with van der Waals surface area (Å²) in [5, 5.41) is 10.0. The Hall–Kier alpha value is -3.47. The summed E-state index contributed by atoms with van der Waals surface area (Å²) in [6, 6.07) is 16.8. The third-order valence-corrected chi connectivity index (χ3v) is 6.69. The molecule has 0 bridgehead atoms. The van der Waals surface area contributed by atoms with E-state index in [1.165, 1.54) is 6.07 Å². The highest BCUT2D eigenvalue weighted by atomic mass is 35.5. The van der Waals surface area contributed by atoms with Crippen molar-refractivity contribution in [3.8, 4) is 34.5 Å². The van der Waals surface area contributed by atoms with E-state index in [0.29, 0.717) is 27.5 Å². The summed E-state index contributed by atoms with van der Waals surface area (Å²) >= 11 is 6.15. The number of aliphatic carboxylic acids is 1. The fourth-order valence-electron chi connectivity index (χ4n) is 3.48. The maximum absolute atomic E-state index is 12.6. The third kappa shape index (κ3) is 6.60. The first-order valence-electron chi connectivity index (χ1n) is 11.0. The van der Waals surface area contributed by atoms with Crippen LogP contribution >= 0.6 is 11.6 Å². The summed E-state index contributed by atoms with van der Waals surface area (Å²) in [5.74, 6) is 5.76. The quantitative estimate of drug-likeness (QED) is 0.414. The van der Waals surface area contributed by atoms with E-state index in [2.05, 4.69) is 11.8 Å². The number of hydrogen-bond donors (Lipinski definition) is 1. The monoisotopic (exact) mass is 526 g/mol. The predicted molar refractivity (Wildman–Crippen MR) is 140 cm³/mol. The Labute approximate surface area is 216 Å². The largest absolute Gasteiger partial charge is 0.497 e. The molecule has 3 aromatic carbocycles. The van der Waals surface area contributed by atoms with Gasteiger partial charge in [0, 0.05) is 27.8 Å². The number of halogens is 1. The first kappa shape index (κ1) is 27.1. The topological polar surface area (TPSA) is 89.9 Å². The number of carboxylic acid groups (broad SMARTS) is 1. The molecule has 0 saturated carbocycles. The number of sulfone groups is 1. The molecule has 0 heterocycles. The average molecular weight is 527 g/mol. The number of carboxylic acids is 1. The number of carbonyl (C=O) groups is 1. The van der Waals surface area contributed by atoms with Crippen LogP contribution in [0.5, 0.6) is 11.5 Å². The van der Waals surface area contributed by atoms with Crippen molar-refractivity contribution < 1.29 is 27.8 Å². The van der Waals surface area contributed by atoms with E-state index in [1.807, 2.05) is 0 Å². The predicted octanol–water partition coefficient (Wildman–Crippen LogP) is 5.70. The van der Waals surface area contributed by atoms with Crippen molar-refractivity contribution in [3.63, 3.8) is 0 Å². The Morgan fingerprint density at radius 3 is 2.22 bits per heavy atom. The first-order valence-corrected chi connectivity index (χ1v) is 13.3. The lowest BCUT2D eigenvalue weighted by molar-refractivity contribution is -0.150. The van der Waals surface area contributed by atoms with Crippen LogP contribution in [0.2, 0.25) is 5.02 Å². The van der Waals surface area contributed by atoms with Gasteiger partial charge in [-0.1, -0.05) is 62.4 Å². The van der Waals surface area contributed by atoms with Gasteiger partial charge in [0.2, 0.25) is 0 Å². The second-order valence-electron chi connectivity index (χ2n) is 9.30. The normalized spacial score (nSPS) is 12.3. The van der Waals surface area contributed by atoms with Crippen LogP contribution < -0.4 is 9.47 Å². The Kier molecular flexibility index (Phi) is 8.02. The number of benzene rings is 3. The molecule has 3 aromatic rings. The summed E-state index contributed by atoms with van der Waals surface area (Å²) in [6.07, 6.45) is 0.0356. The SMILES string of the molecule is COc1ccc(-c2ccc(C#Cc3cc(Cl)ccc3OC(C(=O)O)C(C)(C)C)cc2S(C)(=O)=O)cc1. The van der Waals surface area contributed by atoms with E-state index in [1.54, 1.807) is 82.5 Å². The molecule has 0 aromatic heterocycles. The smallest absolute Gasteiger partial charge is 0.345 e. The minimum absolute atomic E-state index is 0.140. The molecule has 0 radical (unpaired) electrons. The second kappa shape index (κ2) is 10.7. The zero-order valence-corrected chi connectivity index (χ0v) is 22.2. The molecule has 0 amide bonds. The fraction of sp³-hybridized carbons (Fsp3) is 0.250. The Balaban J connectivity index is 2.04. The molecule has 0 fully saturated rings. The average Bonchev–Trinajstić information content (AvgIpc) is 2.80. The molecule has 3 rings (SSSR count). The van der Waals surface area contributed by atoms with Crippen LogP contribution in [0.3, 0.4) is 0 Å². The lowest BCUT2D eigenvalue weighted by Gasteiger charge is -2.28. The number of methoxy groups -OCH3 is 1. The summed E-state index contributed by atoms with van der Waals surface area (Å²) in [7, 11) is -2.01. The molecule has 0 aliphatic heterocycles. The zero-order valence-electron chi connectivity index (χ0n) is 20.6. The molecule has 0 aliphatic rings. The molecule has 188 valence electrons. The van der Waals surface area contributed by atoms with E-state index in [9.17, 15) is 18.3 Å². The number of hydrogen-bond acceptors (Lipinski definition) is 5. The van der Waals surface area contributed by atoms with Gasteiger partial charge in [-0.3, -0.25) is 0 Å². The van der Waals surface area contributed by atoms with Crippen LogP contribution in [-0.2, 0) is 14.6 Å². The maximum Gasteiger partial charge on any atom is 0.345 e. The van der Waals surface area contributed by atoms with Crippen molar-refractivity contribution >= 4 is 27.4 Å². The van der Waals surface area contributed by atoms with Crippen LogP contribution in [0.25, 0.3) is 11.1 Å². The third-order valence-electron chi connectivity index (χ3n) is 5.32. The van der Waals surface area contributed by atoms with Gasteiger partial charge >= 0.3 is 5.97 Å². The number of ether oxygens (including phenoxy) is 2. The van der Waals surface area contributed by atoms with Crippen LogP contribution in [-0.4, -0.2) is 39.0 Å². The van der Waals surface area contributed by atoms with Gasteiger partial charge in [-0.15, -0.1) is 0 Å². The molecular weight excluding hydrogens is 500 g/mol. The summed E-state index contributed by atoms with van der Waals surface area (Å²) in [5.41, 5.74) is 1.45. The van der Waals surface area contributed by atoms with Gasteiger partial charge in [-0.05, 0) is 48.0 Å². The van der Waals surface area contributed by atoms with Gasteiger partial charge in [0.05, 0.1) is 17.6 Å². The Bertz CT molecular complexity index is 1440. The standard InChI is InChI=1S/C28H27ClO6S/c1-28(2,3)26(27(30)31)35-24-15-11-21(29)17-20(24)8-6-18-7-14-23(25(16-18)36(5,32)33)19-9-12-22(34-4)13-10-19/h7,9-17,26H,1-5H3,(H,30,31). The number of rotatable bonds is 6. The van der Waals surface area contributed by atoms with Crippen molar-refractivity contribution in [2.45, 2.75) is 31.8 Å². The summed E-state index contributed by atoms with van der Waals surface area (Å²) in [4.78, 5) is 11.9. The maximum atomic E-state index is 12.6. The van der Waals surface area contributed by atoms with Gasteiger partial charge in [0.15, 0.2) is 15.9 Å². The highest BCUT2D eigenvalue weighted by Gasteiger charge is 2.33. The van der Waals surface area contributed by atoms with E-state index in [-0.39, 0.29) is 10.6 Å². The molecular formula is C28H27ClO6S. The lowest BCUT2D eigenvalue weighted by atomic mass is 9.89. The van der Waals surface area contributed by atoms with Gasteiger partial charge in [0.1, 0.15) is 11.5 Å². The highest BCUT2D eigenvalue weighted by molar-refractivity contribution is 7.90. The molecule has 0 aliphatic carbocycles. The van der Waals surface area contributed by atoms with Crippen molar-refractivity contribution in [3.05, 3.63) is 76.8 Å². The van der Waals surface area contributed by atoms with Gasteiger partial charge in [0.25, 0.3) is 0 Å². The summed E-state index contributed by atoms with van der Waals surface area (Å²) < 4.78 is 36.2. The van der Waals surface area contributed by atoms with Crippen LogP contribution in [0.4, 0.5) is 0 Å². The minimum Gasteiger partial charge on any atom is -0.497 e. The van der Waals surface area contributed by atoms with Crippen molar-refractivity contribution in [1.29, 1.82) is 0 Å². The molecule has 36 heavy (non-hydrogen) atoms. The molecule has 0 saturated heterocycles. The first-order chi connectivity index (χ1) is 16.8. The van der Waals surface area contributed by atoms with Gasteiger partial charge in [-0.25, -0.2) is 13.2 Å². The minimum atomic E-state index is -3.57. The zero-order chi connectivity index (χ0) is 26.7. The van der Waals surface area contributed by atoms with Crippen LogP contribution in [0.1, 0.15) is 31.9 Å². The van der Waals surface area contributed by atoms with Crippen LogP contribution in [0.15, 0.2) is 65.6 Å². The van der Waals surface area contributed by atoms with Crippen molar-refractivity contribution in [2.75, 3.05) is 13.4 Å². The second-order valence-corrected chi connectivity index (χ2v) is 11.7. The fourth-order valence-corrected chi connectivity index (χ4v) is 4.58. The molecule has 8 heteroatoms. The molecule has 1 N–H and O–H groups in total. The van der Waals surface area contributed by atoms with Crippen molar-refractivity contribution in [2.24, 2.45) is 5.41 Å². The molecule has 0 spiro atoms. The van der Waals surface area contributed by atoms with Crippen molar-refractivity contribution in [1.82, 2.24) is 0 Å².